The molecule has 0 spiro atoms. The van der Waals surface area contributed by atoms with Gasteiger partial charge in [0, 0.05) is 0 Å². The normalized spacial score (nSPS) is 14.1. The quantitative estimate of drug-likeness (QED) is 0.373. The standard InChI is InChI=1S/C21H25.C8H18Si.C5H5.2ClH.Zr/c1-20(2,3)16-7-9-18-14(12-16)11-15-13-17(21(4,5)6)8-10-19(15)18;1-3-5-7-9-8-6-4-2;1-2-4-5-3-1;;;/h7-13H,1-6H3;3-8H2,1-2H3;1-3H,4H2;2*1H;/q;;;;;+2/p-2. The van der Waals surface area contributed by atoms with Gasteiger partial charge in [-0.15, -0.1) is 0 Å². The Bertz CT molecular complexity index is 1130. The van der Waals surface area contributed by atoms with Crippen molar-refractivity contribution in [3.63, 3.8) is 0 Å². The van der Waals surface area contributed by atoms with Gasteiger partial charge in [-0.2, -0.15) is 0 Å². The van der Waals surface area contributed by atoms with Gasteiger partial charge in [-0.3, -0.25) is 0 Å². The molecule has 0 nitrogen and oxygen atoms in total. The summed E-state index contributed by atoms with van der Waals surface area (Å²) in [6.07, 6.45) is 14.2. The Hall–Kier alpha value is -0.400. The van der Waals surface area contributed by atoms with Crippen molar-refractivity contribution in [3.8, 4) is 11.1 Å². The van der Waals surface area contributed by atoms with E-state index < -0.39 is 20.4 Å². The van der Waals surface area contributed by atoms with Gasteiger partial charge in [0.2, 0.25) is 0 Å². The largest absolute Gasteiger partial charge is 1.00 e. The smallest absolute Gasteiger partial charge is 1.00 e. The molecule has 2 aliphatic rings. The summed E-state index contributed by atoms with van der Waals surface area (Å²) in [6, 6.07) is 18.2. The van der Waals surface area contributed by atoms with Crippen LogP contribution in [-0.4, -0.2) is 5.43 Å². The first kappa shape index (κ1) is 33.8. The number of allylic oxidation sites excluding steroid dienone is 4. The molecule has 4 rings (SSSR count). The first-order chi connectivity index (χ1) is 17.1. The van der Waals surface area contributed by atoms with Gasteiger partial charge < -0.3 is 24.8 Å². The van der Waals surface area contributed by atoms with Gasteiger partial charge >= 0.3 is 231 Å². The van der Waals surface area contributed by atoms with Crippen molar-refractivity contribution in [3.05, 3.63) is 80.2 Å². The molecule has 0 radical (unpaired) electrons. The number of rotatable bonds is 8. The van der Waals surface area contributed by atoms with Crippen molar-refractivity contribution < 1.29 is 45.2 Å². The van der Waals surface area contributed by atoms with Crippen LogP contribution in [0.25, 0.3) is 11.1 Å². The maximum atomic E-state index is 2.65. The molecule has 0 saturated carbocycles. The van der Waals surface area contributed by atoms with Gasteiger partial charge in [0.05, 0.1) is 0 Å². The van der Waals surface area contributed by atoms with E-state index in [0.717, 1.165) is 0 Å². The van der Waals surface area contributed by atoms with Crippen LogP contribution in [0.3, 0.4) is 0 Å². The first-order valence-corrected chi connectivity index (χ1v) is 22.7. The molecule has 0 heterocycles. The average molecular weight is 647 g/mol. The van der Waals surface area contributed by atoms with E-state index in [-0.39, 0.29) is 41.1 Å². The van der Waals surface area contributed by atoms with Gasteiger partial charge in [0.15, 0.2) is 0 Å². The summed E-state index contributed by atoms with van der Waals surface area (Å²) in [6.45, 7) is 19.1. The van der Waals surface area contributed by atoms with Crippen molar-refractivity contribution >= 4 is 5.43 Å². The van der Waals surface area contributed by atoms with Crippen molar-refractivity contribution in [2.24, 2.45) is 0 Å². The zero-order chi connectivity index (χ0) is 26.1. The number of unbranched alkanes of at least 4 members (excludes halogenated alkanes) is 2. The fourth-order valence-electron chi connectivity index (χ4n) is 5.94. The molecular formula is C34H48Cl2SiZr. The number of hydrogen-bond acceptors (Lipinski definition) is 0. The van der Waals surface area contributed by atoms with E-state index in [2.05, 4.69) is 110 Å². The van der Waals surface area contributed by atoms with Crippen LogP contribution in [0.5, 0.6) is 0 Å². The van der Waals surface area contributed by atoms with Crippen molar-refractivity contribution in [2.75, 3.05) is 0 Å². The molecular weight excluding hydrogens is 599 g/mol. The summed E-state index contributed by atoms with van der Waals surface area (Å²) in [5.74, 6) is 0. The molecule has 0 aliphatic heterocycles. The zero-order valence-corrected chi connectivity index (χ0v) is 29.9. The summed E-state index contributed by atoms with van der Waals surface area (Å²) in [5.41, 5.74) is 9.49. The Kier molecular flexibility index (Phi) is 12.4. The van der Waals surface area contributed by atoms with Crippen LogP contribution in [0.2, 0.25) is 12.1 Å². The fraction of sp³-hybridized carbons (Fsp3) is 0.529. The van der Waals surface area contributed by atoms with Crippen LogP contribution in [-0.2, 0) is 31.2 Å². The van der Waals surface area contributed by atoms with Crippen LogP contribution in [0.15, 0.2) is 57.9 Å². The Morgan fingerprint density at radius 1 is 0.763 bits per heavy atom. The Balaban J connectivity index is 0.00000253. The van der Waals surface area contributed by atoms with E-state index in [9.17, 15) is 0 Å². The van der Waals surface area contributed by atoms with Gasteiger partial charge in [0.25, 0.3) is 0 Å². The molecule has 0 aromatic heterocycles. The van der Waals surface area contributed by atoms with Gasteiger partial charge in [0.1, 0.15) is 0 Å². The monoisotopic (exact) mass is 644 g/mol. The van der Waals surface area contributed by atoms with Gasteiger partial charge in [-0.1, -0.05) is 0 Å². The molecule has 0 amide bonds. The summed E-state index contributed by atoms with van der Waals surface area (Å²) < 4.78 is 2.60. The number of hydrogen-bond donors (Lipinski definition) is 0. The molecule has 2 aliphatic carbocycles. The van der Waals surface area contributed by atoms with Gasteiger partial charge in [-0.25, -0.2) is 0 Å². The molecule has 0 unspecified atom stereocenters. The topological polar surface area (TPSA) is 0 Å². The van der Waals surface area contributed by atoms with E-state index in [4.69, 9.17) is 0 Å². The predicted molar refractivity (Wildman–Crippen MR) is 158 cm³/mol. The van der Waals surface area contributed by atoms with Crippen molar-refractivity contribution in [1.29, 1.82) is 0 Å². The number of halogens is 2. The summed E-state index contributed by atoms with van der Waals surface area (Å²) in [4.78, 5) is 0. The molecule has 0 saturated heterocycles. The summed E-state index contributed by atoms with van der Waals surface area (Å²) in [5, 5.41) is 0. The van der Waals surface area contributed by atoms with E-state index in [1.165, 1.54) is 55.3 Å². The molecule has 2 aromatic rings. The molecule has 38 heavy (non-hydrogen) atoms. The van der Waals surface area contributed by atoms with E-state index in [1.807, 2.05) is 3.28 Å². The van der Waals surface area contributed by atoms with E-state index >= 15 is 0 Å². The van der Waals surface area contributed by atoms with Crippen LogP contribution in [0, 0.1) is 0 Å². The minimum absolute atomic E-state index is 0. The molecule has 0 bridgehead atoms. The molecule has 0 fully saturated rings. The average Bonchev–Trinajstić information content (AvgIpc) is 3.46. The number of benzene rings is 2. The third-order valence-corrected chi connectivity index (χ3v) is 29.3. The van der Waals surface area contributed by atoms with Crippen LogP contribution < -0.4 is 24.8 Å². The minimum atomic E-state index is -2.04. The first-order valence-electron chi connectivity index (χ1n) is 14.4. The van der Waals surface area contributed by atoms with Crippen molar-refractivity contribution in [1.82, 2.24) is 0 Å². The van der Waals surface area contributed by atoms with E-state index in [0.29, 0.717) is 3.63 Å². The maximum absolute atomic E-state index is 2.65. The van der Waals surface area contributed by atoms with Crippen LogP contribution in [0.1, 0.15) is 113 Å². The molecule has 206 valence electrons. The minimum Gasteiger partial charge on any atom is -1.00 e. The van der Waals surface area contributed by atoms with Crippen LogP contribution >= 0.6 is 0 Å². The second-order valence-electron chi connectivity index (χ2n) is 13.1. The Morgan fingerprint density at radius 2 is 1.24 bits per heavy atom. The maximum Gasteiger partial charge on any atom is -1.00 e. The van der Waals surface area contributed by atoms with Crippen molar-refractivity contribution in [2.45, 2.75) is 114 Å². The zero-order valence-electron chi connectivity index (χ0n) is 25.0. The number of fused-ring (bicyclic) bond motifs is 3. The third kappa shape index (κ3) is 7.26. The SMILES string of the molecule is CCCC[Si](CCCC)=[Zr+2]([C]1=CC=CC1)[CH]1c2cc(C(C)(C)C)ccc2-c2ccc(C(C)(C)C)cc21.[Cl-].[Cl-]. The summed E-state index contributed by atoms with van der Waals surface area (Å²) in [7, 11) is 0. The molecule has 2 aromatic carbocycles. The van der Waals surface area contributed by atoms with Gasteiger partial charge in [-0.05, 0) is 0 Å². The summed E-state index contributed by atoms with van der Waals surface area (Å²) >= 11 is -2.04. The second-order valence-corrected chi connectivity index (χ2v) is 28.7. The third-order valence-electron chi connectivity index (χ3n) is 8.20. The van der Waals surface area contributed by atoms with E-state index in [1.54, 1.807) is 22.3 Å². The Labute approximate surface area is 254 Å². The fourth-order valence-corrected chi connectivity index (χ4v) is 30.2. The second kappa shape index (κ2) is 14.0. The molecule has 4 heteroatoms. The predicted octanol–water partition coefficient (Wildman–Crippen LogP) is 4.41. The molecule has 0 atom stereocenters. The van der Waals surface area contributed by atoms with Crippen LogP contribution in [0.4, 0.5) is 0 Å². The molecule has 0 N–H and O–H groups in total. The Morgan fingerprint density at radius 3 is 1.61 bits per heavy atom.